The number of nitrogens with zero attached hydrogens (tertiary/aromatic N) is 1. The van der Waals surface area contributed by atoms with Gasteiger partial charge in [0, 0.05) is 13.1 Å². The van der Waals surface area contributed by atoms with E-state index in [0.29, 0.717) is 13.1 Å². The summed E-state index contributed by atoms with van der Waals surface area (Å²) >= 11 is 0. The Hall–Kier alpha value is -2.40. The first-order chi connectivity index (χ1) is 27.9. The number of ether oxygens (including phenoxy) is 2. The zero-order valence-corrected chi connectivity index (χ0v) is 36.3. The molecule has 1 fully saturated rings. The lowest BCUT2D eigenvalue weighted by Gasteiger charge is -2.46. The van der Waals surface area contributed by atoms with Gasteiger partial charge in [-0.05, 0) is 18.4 Å². The lowest BCUT2D eigenvalue weighted by Crippen LogP contribution is -2.69. The second kappa shape index (κ2) is 34.5. The van der Waals surface area contributed by atoms with Gasteiger partial charge in [0.15, 0.2) is 6.23 Å². The second-order valence-electron chi connectivity index (χ2n) is 16.6. The highest BCUT2D eigenvalue weighted by Gasteiger charge is 2.48. The van der Waals surface area contributed by atoms with Crippen LogP contribution in [0.15, 0.2) is 30.3 Å². The zero-order valence-electron chi connectivity index (χ0n) is 36.3. The second-order valence-corrected chi connectivity index (χ2v) is 16.6. The van der Waals surface area contributed by atoms with Crippen LogP contribution < -0.4 is 10.6 Å². The van der Waals surface area contributed by atoms with Crippen molar-refractivity contribution >= 4 is 12.1 Å². The van der Waals surface area contributed by atoms with Crippen LogP contribution in [0, 0.1) is 0 Å². The molecule has 1 heterocycles. The van der Waals surface area contributed by atoms with Crippen LogP contribution in [0.1, 0.15) is 199 Å². The van der Waals surface area contributed by atoms with Crippen LogP contribution in [0.3, 0.4) is 0 Å². The fourth-order valence-corrected chi connectivity index (χ4v) is 7.86. The van der Waals surface area contributed by atoms with E-state index >= 15 is 0 Å². The number of aliphatic hydroxyl groups is 3. The SMILES string of the molecule is CCCCCCCCCCCCCCCCCCN(C(=O)NCCCCCCCCCCCCCC)[C@@H]1O[C@H](CO)[C@@H](O)[C@H](O)[C@@H]1NC(=O)OCc1ccccc1. The molecule has 5 N–H and O–H groups in total. The van der Waals surface area contributed by atoms with E-state index in [1.807, 2.05) is 30.3 Å². The molecule has 0 unspecified atom stereocenters. The number of aliphatic hydroxyl groups excluding tert-OH is 3. The maximum absolute atomic E-state index is 13.8. The number of urea groups is 1. The van der Waals surface area contributed by atoms with Gasteiger partial charge in [0.25, 0.3) is 0 Å². The van der Waals surface area contributed by atoms with Gasteiger partial charge in [-0.25, -0.2) is 9.59 Å². The van der Waals surface area contributed by atoms with Gasteiger partial charge >= 0.3 is 12.1 Å². The number of hydrogen-bond donors (Lipinski definition) is 5. The number of alkyl carbamates (subject to hydrolysis) is 1. The predicted molar refractivity (Wildman–Crippen MR) is 232 cm³/mol. The van der Waals surface area contributed by atoms with E-state index < -0.39 is 43.3 Å². The normalized spacial score (nSPS) is 19.4. The molecule has 5 atom stereocenters. The van der Waals surface area contributed by atoms with Gasteiger partial charge < -0.3 is 35.4 Å². The highest BCUT2D eigenvalue weighted by atomic mass is 16.6. The van der Waals surface area contributed by atoms with Crippen molar-refractivity contribution in [1.29, 1.82) is 0 Å². The van der Waals surface area contributed by atoms with Gasteiger partial charge in [-0.3, -0.25) is 4.90 Å². The van der Waals surface area contributed by atoms with E-state index in [-0.39, 0.29) is 12.6 Å². The van der Waals surface area contributed by atoms with Crippen molar-refractivity contribution in [3.8, 4) is 0 Å². The molecule has 0 aliphatic carbocycles. The van der Waals surface area contributed by atoms with Crippen molar-refractivity contribution < 1.29 is 34.4 Å². The van der Waals surface area contributed by atoms with Gasteiger partial charge in [-0.15, -0.1) is 0 Å². The molecule has 10 nitrogen and oxygen atoms in total. The Bertz CT molecular complexity index is 1100. The van der Waals surface area contributed by atoms with Crippen LogP contribution in [-0.4, -0.2) is 82.6 Å². The number of benzene rings is 1. The highest BCUT2D eigenvalue weighted by molar-refractivity contribution is 5.75. The molecule has 1 aliphatic rings. The van der Waals surface area contributed by atoms with Crippen molar-refractivity contribution in [3.05, 3.63) is 35.9 Å². The first kappa shape index (κ1) is 50.7. The van der Waals surface area contributed by atoms with Crippen molar-refractivity contribution in [2.24, 2.45) is 0 Å². The minimum Gasteiger partial charge on any atom is -0.445 e. The number of unbranched alkanes of at least 4 members (excludes halogenated alkanes) is 26. The van der Waals surface area contributed by atoms with Gasteiger partial charge in [-0.1, -0.05) is 211 Å². The summed E-state index contributed by atoms with van der Waals surface area (Å²) in [6.07, 6.45) is 28.6. The van der Waals surface area contributed by atoms with Gasteiger partial charge in [0.2, 0.25) is 0 Å². The standard InChI is InChI=1S/C47H85N3O7/c1-3-5-7-9-11-13-15-17-18-19-20-22-24-26-28-33-37-50(46(54)48-36-32-27-25-23-21-16-14-12-10-8-6-4-2)45-42(44(53)43(52)41(38-51)57-45)49-47(55)56-39-40-34-30-29-31-35-40/h29-31,34-35,41-45,51-53H,3-28,32-33,36-39H2,1-2H3,(H,48,54)(H,49,55)/t41-,42+,43-,44-,45-/m1/s1. The highest BCUT2D eigenvalue weighted by Crippen LogP contribution is 2.25. The maximum atomic E-state index is 13.8. The van der Waals surface area contributed by atoms with E-state index in [1.165, 1.54) is 140 Å². The fourth-order valence-electron chi connectivity index (χ4n) is 7.86. The molecule has 0 spiro atoms. The summed E-state index contributed by atoms with van der Waals surface area (Å²) in [5, 5.41) is 37.8. The summed E-state index contributed by atoms with van der Waals surface area (Å²) in [7, 11) is 0. The molecule has 0 bridgehead atoms. The summed E-state index contributed by atoms with van der Waals surface area (Å²) in [5.41, 5.74) is 0.798. The number of hydrogen-bond acceptors (Lipinski definition) is 7. The minimum absolute atomic E-state index is 0.0191. The Labute approximate surface area is 347 Å². The van der Waals surface area contributed by atoms with Crippen LogP contribution in [-0.2, 0) is 16.1 Å². The van der Waals surface area contributed by atoms with E-state index in [2.05, 4.69) is 24.5 Å². The van der Waals surface area contributed by atoms with Crippen molar-refractivity contribution in [2.75, 3.05) is 19.7 Å². The number of amides is 3. The molecule has 1 aromatic carbocycles. The molecular weight excluding hydrogens is 719 g/mol. The topological polar surface area (TPSA) is 141 Å². The van der Waals surface area contributed by atoms with Crippen molar-refractivity contribution in [1.82, 2.24) is 15.5 Å². The average molecular weight is 804 g/mol. The Morgan fingerprint density at radius 1 is 0.632 bits per heavy atom. The first-order valence-electron chi connectivity index (χ1n) is 23.6. The molecule has 1 saturated heterocycles. The smallest absolute Gasteiger partial charge is 0.407 e. The molecule has 10 heteroatoms. The van der Waals surface area contributed by atoms with Crippen LogP contribution in [0.5, 0.6) is 0 Å². The number of carbonyl (C=O) groups is 2. The van der Waals surface area contributed by atoms with Crippen LogP contribution >= 0.6 is 0 Å². The van der Waals surface area contributed by atoms with E-state index in [1.54, 1.807) is 0 Å². The summed E-state index contributed by atoms with van der Waals surface area (Å²) in [5.74, 6) is 0. The van der Waals surface area contributed by atoms with E-state index in [9.17, 15) is 24.9 Å². The number of carbonyl (C=O) groups excluding carboxylic acids is 2. The average Bonchev–Trinajstić information content (AvgIpc) is 3.22. The van der Waals surface area contributed by atoms with Gasteiger partial charge in [0.05, 0.1) is 6.61 Å². The fraction of sp³-hybridized carbons (Fsp3) is 0.830. The molecular formula is C47H85N3O7. The van der Waals surface area contributed by atoms with E-state index in [4.69, 9.17) is 9.47 Å². The molecule has 0 aromatic heterocycles. The summed E-state index contributed by atoms with van der Waals surface area (Å²) in [4.78, 5) is 28.4. The molecule has 0 saturated carbocycles. The monoisotopic (exact) mass is 804 g/mol. The first-order valence-corrected chi connectivity index (χ1v) is 23.6. The predicted octanol–water partition coefficient (Wildman–Crippen LogP) is 10.7. The Balaban J connectivity index is 1.87. The quantitative estimate of drug-likeness (QED) is 0.0430. The maximum Gasteiger partial charge on any atom is 0.407 e. The zero-order chi connectivity index (χ0) is 41.2. The number of nitrogens with one attached hydrogen (secondary N) is 2. The van der Waals surface area contributed by atoms with Gasteiger partial charge in [0.1, 0.15) is 31.0 Å². The molecule has 0 radical (unpaired) electrons. The lowest BCUT2D eigenvalue weighted by molar-refractivity contribution is -0.222. The lowest BCUT2D eigenvalue weighted by atomic mass is 9.95. The van der Waals surface area contributed by atoms with Crippen molar-refractivity contribution in [3.63, 3.8) is 0 Å². The summed E-state index contributed by atoms with van der Waals surface area (Å²) < 4.78 is 11.5. The summed E-state index contributed by atoms with van der Waals surface area (Å²) in [6, 6.07) is 7.72. The molecule has 1 aliphatic heterocycles. The van der Waals surface area contributed by atoms with Crippen LogP contribution in [0.25, 0.3) is 0 Å². The number of rotatable bonds is 35. The third-order valence-electron chi connectivity index (χ3n) is 11.5. The minimum atomic E-state index is -1.50. The van der Waals surface area contributed by atoms with E-state index in [0.717, 1.165) is 50.5 Å². The molecule has 2 rings (SSSR count). The Morgan fingerprint density at radius 2 is 1.07 bits per heavy atom. The molecule has 57 heavy (non-hydrogen) atoms. The third-order valence-corrected chi connectivity index (χ3v) is 11.5. The van der Waals surface area contributed by atoms with Crippen LogP contribution in [0.4, 0.5) is 9.59 Å². The third kappa shape index (κ3) is 23.7. The molecule has 330 valence electrons. The Morgan fingerprint density at radius 3 is 1.53 bits per heavy atom. The largest absolute Gasteiger partial charge is 0.445 e. The molecule has 3 amide bonds. The molecule has 1 aromatic rings. The summed E-state index contributed by atoms with van der Waals surface area (Å²) in [6.45, 7) is 4.83. The van der Waals surface area contributed by atoms with Gasteiger partial charge in [-0.2, -0.15) is 0 Å². The van der Waals surface area contributed by atoms with Crippen molar-refractivity contribution in [2.45, 2.75) is 231 Å². The Kier molecular flexibility index (Phi) is 30.7. The van der Waals surface area contributed by atoms with Crippen LogP contribution in [0.2, 0.25) is 0 Å².